The minimum atomic E-state index is -0.717. The number of hydrogen-bond donors (Lipinski definition) is 1. The Morgan fingerprint density at radius 1 is 1.23 bits per heavy atom. The van der Waals surface area contributed by atoms with Crippen LogP contribution >= 0.6 is 0 Å². The van der Waals surface area contributed by atoms with Crippen LogP contribution in [0.2, 0.25) is 0 Å². The van der Waals surface area contributed by atoms with Crippen LogP contribution in [0, 0.1) is 17.2 Å². The van der Waals surface area contributed by atoms with Gasteiger partial charge in [0.15, 0.2) is 0 Å². The Morgan fingerprint density at radius 3 is 2.35 bits per heavy atom. The fourth-order valence-electron chi connectivity index (χ4n) is 3.66. The second kappa shape index (κ2) is 6.26. The number of rotatable bonds is 3. The molecule has 0 spiro atoms. The maximum atomic E-state index is 10.3. The Bertz CT molecular complexity index is 718. The van der Waals surface area contributed by atoms with E-state index in [1.807, 2.05) is 59.7 Å². The fourth-order valence-corrected chi connectivity index (χ4v) is 3.66. The highest BCUT2D eigenvalue weighted by Gasteiger charge is 2.52. The Morgan fingerprint density at radius 2 is 1.85 bits per heavy atom. The summed E-state index contributed by atoms with van der Waals surface area (Å²) in [6.07, 6.45) is 0.912. The molecule has 2 fully saturated rings. The highest BCUT2D eigenvalue weighted by atomic mass is 16.7. The number of hydrogen-bond acceptors (Lipinski definition) is 5. The van der Waals surface area contributed by atoms with Crippen LogP contribution < -0.4 is 10.4 Å². The van der Waals surface area contributed by atoms with Gasteiger partial charge in [-0.1, -0.05) is 12.1 Å². The summed E-state index contributed by atoms with van der Waals surface area (Å²) in [6.45, 7) is 13.3. The molecule has 1 atom stereocenters. The van der Waals surface area contributed by atoms with Crippen LogP contribution in [-0.2, 0) is 9.31 Å². The first-order chi connectivity index (χ1) is 12.0. The number of nitrogens with zero attached hydrogens (tertiary/aromatic N) is 2. The first kappa shape index (κ1) is 19.2. The van der Waals surface area contributed by atoms with Gasteiger partial charge in [0, 0.05) is 24.5 Å². The fraction of sp³-hybridized carbons (Fsp3) is 0.650. The number of nitriles is 1. The normalized spacial score (nSPS) is 24.8. The van der Waals surface area contributed by atoms with Crippen molar-refractivity contribution in [3.8, 4) is 6.07 Å². The summed E-state index contributed by atoms with van der Waals surface area (Å²) in [5.41, 5.74) is 0.662. The van der Waals surface area contributed by atoms with Crippen molar-refractivity contribution in [2.75, 3.05) is 18.0 Å². The van der Waals surface area contributed by atoms with E-state index in [1.54, 1.807) is 0 Å². The highest BCUT2D eigenvalue weighted by Crippen LogP contribution is 2.38. The molecule has 0 saturated carbocycles. The Labute approximate surface area is 157 Å². The first-order valence-electron chi connectivity index (χ1n) is 9.32. The van der Waals surface area contributed by atoms with Gasteiger partial charge in [0.25, 0.3) is 0 Å². The minimum absolute atomic E-state index is 0.189. The summed E-state index contributed by atoms with van der Waals surface area (Å²) in [5.74, 6) is 0.189. The van der Waals surface area contributed by atoms with Crippen molar-refractivity contribution in [2.45, 2.75) is 64.8 Å². The molecule has 1 N–H and O–H groups in total. The van der Waals surface area contributed by atoms with Crippen molar-refractivity contribution in [3.05, 3.63) is 23.8 Å². The molecule has 0 amide bonds. The largest absolute Gasteiger partial charge is 0.496 e. The maximum Gasteiger partial charge on any atom is 0.496 e. The van der Waals surface area contributed by atoms with Crippen molar-refractivity contribution in [2.24, 2.45) is 5.92 Å². The number of aliphatic hydroxyl groups is 1. The molecule has 5 nitrogen and oxygen atoms in total. The van der Waals surface area contributed by atoms with Crippen LogP contribution in [0.3, 0.4) is 0 Å². The molecular weight excluding hydrogens is 327 g/mol. The number of benzene rings is 1. The summed E-state index contributed by atoms with van der Waals surface area (Å²) in [6, 6.07) is 8.20. The molecule has 3 rings (SSSR count). The van der Waals surface area contributed by atoms with Gasteiger partial charge < -0.3 is 19.3 Å². The summed E-state index contributed by atoms with van der Waals surface area (Å²) in [7, 11) is -0.553. The molecule has 0 radical (unpaired) electrons. The average Bonchev–Trinajstić information content (AvgIpc) is 3.09. The van der Waals surface area contributed by atoms with Crippen LogP contribution in [0.1, 0.15) is 53.5 Å². The monoisotopic (exact) mass is 356 g/mol. The van der Waals surface area contributed by atoms with E-state index in [2.05, 4.69) is 11.0 Å². The topological polar surface area (TPSA) is 65.7 Å². The molecule has 6 heteroatoms. The van der Waals surface area contributed by atoms with Crippen molar-refractivity contribution in [1.29, 1.82) is 5.26 Å². The van der Waals surface area contributed by atoms with Crippen molar-refractivity contribution < 1.29 is 14.4 Å². The first-order valence-corrected chi connectivity index (χ1v) is 9.32. The van der Waals surface area contributed by atoms with Gasteiger partial charge >= 0.3 is 7.12 Å². The molecule has 0 aromatic heterocycles. The van der Waals surface area contributed by atoms with Crippen molar-refractivity contribution in [1.82, 2.24) is 0 Å². The minimum Gasteiger partial charge on any atom is -0.399 e. The molecule has 0 aliphatic carbocycles. The molecule has 1 unspecified atom stereocenters. The van der Waals surface area contributed by atoms with E-state index < -0.39 is 23.9 Å². The third-order valence-corrected chi connectivity index (χ3v) is 6.22. The van der Waals surface area contributed by atoms with Crippen LogP contribution in [-0.4, -0.2) is 42.1 Å². The zero-order valence-corrected chi connectivity index (χ0v) is 16.7. The van der Waals surface area contributed by atoms with Gasteiger partial charge in [-0.25, -0.2) is 0 Å². The van der Waals surface area contributed by atoms with Crippen LogP contribution in [0.4, 0.5) is 5.69 Å². The SMILES string of the molecule is CC(C)(O)C1CCN(c2cccc(B3OC(C)(C)C(C)(C)O3)c2C#N)C1. The van der Waals surface area contributed by atoms with E-state index in [1.165, 1.54) is 0 Å². The lowest BCUT2D eigenvalue weighted by Gasteiger charge is -2.32. The molecule has 2 saturated heterocycles. The molecule has 140 valence electrons. The molecular formula is C20H29BN2O3. The van der Waals surface area contributed by atoms with Gasteiger partial charge in [0.2, 0.25) is 0 Å². The Hall–Kier alpha value is -1.55. The van der Waals surface area contributed by atoms with E-state index >= 15 is 0 Å². The van der Waals surface area contributed by atoms with Crippen molar-refractivity contribution >= 4 is 18.3 Å². The lowest BCUT2D eigenvalue weighted by Crippen LogP contribution is -2.41. The second-order valence-electron chi connectivity index (χ2n) is 9.03. The highest BCUT2D eigenvalue weighted by molar-refractivity contribution is 6.63. The Balaban J connectivity index is 1.92. The van der Waals surface area contributed by atoms with Crippen LogP contribution in [0.25, 0.3) is 0 Å². The van der Waals surface area contributed by atoms with Gasteiger partial charge in [0.05, 0.1) is 28.1 Å². The molecule has 1 aromatic carbocycles. The van der Waals surface area contributed by atoms with E-state index in [-0.39, 0.29) is 5.92 Å². The lowest BCUT2D eigenvalue weighted by atomic mass is 9.75. The molecule has 2 heterocycles. The van der Waals surface area contributed by atoms with Gasteiger partial charge in [-0.05, 0) is 54.0 Å². The summed E-state index contributed by atoms with van der Waals surface area (Å²) >= 11 is 0. The second-order valence-corrected chi connectivity index (χ2v) is 9.03. The molecule has 1 aromatic rings. The summed E-state index contributed by atoms with van der Waals surface area (Å²) < 4.78 is 12.3. The van der Waals surface area contributed by atoms with Crippen molar-refractivity contribution in [3.63, 3.8) is 0 Å². The molecule has 0 bridgehead atoms. The standard InChI is InChI=1S/C20H29BN2O3/c1-18(2,24)14-10-11-23(13-14)17-9-7-8-16(15(17)12-22)21-25-19(3,4)20(5,6)26-21/h7-9,14,24H,10-11,13H2,1-6H3. The average molecular weight is 356 g/mol. The maximum absolute atomic E-state index is 10.3. The van der Waals surface area contributed by atoms with Crippen LogP contribution in [0.15, 0.2) is 18.2 Å². The molecule has 26 heavy (non-hydrogen) atoms. The Kier molecular flexibility index (Phi) is 4.63. The lowest BCUT2D eigenvalue weighted by molar-refractivity contribution is 0.00578. The zero-order valence-electron chi connectivity index (χ0n) is 16.7. The van der Waals surface area contributed by atoms with Gasteiger partial charge in [-0.15, -0.1) is 0 Å². The van der Waals surface area contributed by atoms with Gasteiger partial charge in [-0.3, -0.25) is 0 Å². The van der Waals surface area contributed by atoms with E-state index in [4.69, 9.17) is 9.31 Å². The predicted octanol–water partition coefficient (Wildman–Crippen LogP) is 2.45. The van der Waals surface area contributed by atoms with Gasteiger partial charge in [0.1, 0.15) is 6.07 Å². The third kappa shape index (κ3) is 3.24. The molecule has 2 aliphatic heterocycles. The van der Waals surface area contributed by atoms with Gasteiger partial charge in [-0.2, -0.15) is 5.26 Å². The van der Waals surface area contributed by atoms with E-state index in [0.717, 1.165) is 30.7 Å². The summed E-state index contributed by atoms with van der Waals surface area (Å²) in [4.78, 5) is 2.19. The predicted molar refractivity (Wildman–Crippen MR) is 103 cm³/mol. The van der Waals surface area contributed by atoms with Crippen LogP contribution in [0.5, 0.6) is 0 Å². The number of anilines is 1. The van der Waals surface area contributed by atoms with E-state index in [9.17, 15) is 10.4 Å². The smallest absolute Gasteiger partial charge is 0.399 e. The third-order valence-electron chi connectivity index (χ3n) is 6.22. The molecule has 2 aliphatic rings. The quantitative estimate of drug-likeness (QED) is 0.843. The zero-order chi connectivity index (χ0) is 19.3. The summed E-state index contributed by atoms with van der Waals surface area (Å²) in [5, 5.41) is 20.2. The van der Waals surface area contributed by atoms with E-state index in [0.29, 0.717) is 5.56 Å².